The number of rotatable bonds is 7. The van der Waals surface area contributed by atoms with Crippen LogP contribution in [0.2, 0.25) is 0 Å². The molecule has 160 valence electrons. The number of nitrogens with one attached hydrogen (secondary N) is 1. The molecule has 1 atom stereocenters. The molecule has 2 aromatic rings. The Balaban J connectivity index is 1.73. The number of para-hydroxylation sites is 2. The number of hydrogen-bond acceptors (Lipinski definition) is 4. The Bertz CT molecular complexity index is 913. The molecule has 30 heavy (non-hydrogen) atoms. The number of esters is 1. The van der Waals surface area contributed by atoms with Crippen LogP contribution in [0.25, 0.3) is 0 Å². The highest BCUT2D eigenvalue weighted by Crippen LogP contribution is 2.43. The summed E-state index contributed by atoms with van der Waals surface area (Å²) in [4.78, 5) is 25.5. The van der Waals surface area contributed by atoms with Crippen molar-refractivity contribution < 1.29 is 32.2 Å². The fourth-order valence-corrected chi connectivity index (χ4v) is 3.74. The zero-order valence-corrected chi connectivity index (χ0v) is 16.4. The van der Waals surface area contributed by atoms with E-state index >= 15 is 0 Å². The van der Waals surface area contributed by atoms with Gasteiger partial charge >= 0.3 is 12.6 Å². The van der Waals surface area contributed by atoms with Gasteiger partial charge in [0.25, 0.3) is 5.91 Å². The van der Waals surface area contributed by atoms with Crippen LogP contribution in [0.3, 0.4) is 0 Å². The summed E-state index contributed by atoms with van der Waals surface area (Å²) < 4.78 is 49.3. The predicted molar refractivity (Wildman–Crippen MR) is 104 cm³/mol. The maximum Gasteiger partial charge on any atom is 0.387 e. The average molecular weight is 421 g/mol. The van der Waals surface area contributed by atoms with E-state index in [0.29, 0.717) is 12.8 Å². The van der Waals surface area contributed by atoms with E-state index in [-0.39, 0.29) is 17.0 Å². The van der Waals surface area contributed by atoms with Crippen molar-refractivity contribution in [3.05, 3.63) is 59.9 Å². The minimum atomic E-state index is -3.05. The van der Waals surface area contributed by atoms with Crippen molar-refractivity contribution in [2.24, 2.45) is 0 Å². The average Bonchev–Trinajstić information content (AvgIpc) is 3.20. The van der Waals surface area contributed by atoms with E-state index in [4.69, 9.17) is 4.74 Å². The third-order valence-corrected chi connectivity index (χ3v) is 5.25. The number of hydrogen-bond donors (Lipinski definition) is 1. The monoisotopic (exact) mass is 421 g/mol. The topological polar surface area (TPSA) is 64.6 Å². The Morgan fingerprint density at radius 3 is 2.33 bits per heavy atom. The molecule has 0 radical (unpaired) electrons. The van der Waals surface area contributed by atoms with Crippen LogP contribution >= 0.6 is 0 Å². The SMILES string of the molecule is C[C@@H](OC(=O)C1(c2ccccc2F)CCCC1)C(=O)Nc1ccccc1OC(F)F. The molecule has 1 amide bonds. The summed E-state index contributed by atoms with van der Waals surface area (Å²) >= 11 is 0. The van der Waals surface area contributed by atoms with Crippen molar-refractivity contribution in [2.45, 2.75) is 50.7 Å². The number of carbonyl (C=O) groups is 2. The van der Waals surface area contributed by atoms with Crippen molar-refractivity contribution in [3.8, 4) is 5.75 Å². The normalized spacial score (nSPS) is 16.2. The van der Waals surface area contributed by atoms with E-state index in [1.165, 1.54) is 37.3 Å². The highest BCUT2D eigenvalue weighted by Gasteiger charge is 2.46. The van der Waals surface area contributed by atoms with Crippen molar-refractivity contribution in [1.82, 2.24) is 0 Å². The van der Waals surface area contributed by atoms with E-state index < -0.39 is 35.8 Å². The summed E-state index contributed by atoms with van der Waals surface area (Å²) in [6, 6.07) is 11.7. The first-order chi connectivity index (χ1) is 14.3. The quantitative estimate of drug-likeness (QED) is 0.652. The fraction of sp³-hybridized carbons (Fsp3) is 0.364. The van der Waals surface area contributed by atoms with Gasteiger partial charge in [0.05, 0.1) is 11.1 Å². The zero-order chi connectivity index (χ0) is 21.7. The first-order valence-corrected chi connectivity index (χ1v) is 9.64. The molecule has 1 aliphatic carbocycles. The molecule has 1 N–H and O–H groups in total. The van der Waals surface area contributed by atoms with Crippen LogP contribution < -0.4 is 10.1 Å². The van der Waals surface area contributed by atoms with Crippen LogP contribution in [0.5, 0.6) is 5.75 Å². The second kappa shape index (κ2) is 9.19. The lowest BCUT2D eigenvalue weighted by Crippen LogP contribution is -2.40. The van der Waals surface area contributed by atoms with Gasteiger partial charge in [-0.2, -0.15) is 8.78 Å². The predicted octanol–water partition coefficient (Wildman–Crippen LogP) is 4.81. The van der Waals surface area contributed by atoms with Gasteiger partial charge in [-0.3, -0.25) is 9.59 Å². The minimum Gasteiger partial charge on any atom is -0.452 e. The molecule has 5 nitrogen and oxygen atoms in total. The first kappa shape index (κ1) is 21.7. The summed E-state index contributed by atoms with van der Waals surface area (Å²) in [7, 11) is 0. The number of alkyl halides is 2. The van der Waals surface area contributed by atoms with E-state index in [1.807, 2.05) is 0 Å². The summed E-state index contributed by atoms with van der Waals surface area (Å²) in [5, 5.41) is 2.43. The third kappa shape index (κ3) is 4.58. The van der Waals surface area contributed by atoms with Crippen LogP contribution in [0.15, 0.2) is 48.5 Å². The Kier molecular flexibility index (Phi) is 6.64. The molecule has 0 spiro atoms. The van der Waals surface area contributed by atoms with Crippen LogP contribution in [0.4, 0.5) is 18.9 Å². The maximum atomic E-state index is 14.4. The number of anilines is 1. The standard InChI is InChI=1S/C22H22F3NO4/c1-14(19(27)26-17-10-4-5-11-18(17)30-21(24)25)29-20(28)22(12-6-7-13-22)15-8-2-3-9-16(15)23/h2-5,8-11,14,21H,6-7,12-13H2,1H3,(H,26,27)/t14-/m1/s1. The molecule has 0 aliphatic heterocycles. The Morgan fingerprint density at radius 1 is 1.03 bits per heavy atom. The summed E-state index contributed by atoms with van der Waals surface area (Å²) in [6.45, 7) is -1.69. The molecule has 1 fully saturated rings. The second-order valence-corrected chi connectivity index (χ2v) is 7.18. The third-order valence-electron chi connectivity index (χ3n) is 5.25. The van der Waals surface area contributed by atoms with Crippen LogP contribution in [-0.4, -0.2) is 24.6 Å². The summed E-state index contributed by atoms with van der Waals surface area (Å²) in [5.74, 6) is -2.09. The number of carbonyl (C=O) groups excluding carboxylic acids is 2. The zero-order valence-electron chi connectivity index (χ0n) is 16.4. The molecule has 1 aliphatic rings. The van der Waals surface area contributed by atoms with Crippen molar-refractivity contribution in [2.75, 3.05) is 5.32 Å². The van der Waals surface area contributed by atoms with Gasteiger partial charge in [0.2, 0.25) is 0 Å². The van der Waals surface area contributed by atoms with E-state index in [0.717, 1.165) is 12.8 Å². The van der Waals surface area contributed by atoms with Crippen molar-refractivity contribution >= 4 is 17.6 Å². The molecule has 0 saturated heterocycles. The van der Waals surface area contributed by atoms with Crippen LogP contribution in [-0.2, 0) is 19.7 Å². The number of benzene rings is 2. The Morgan fingerprint density at radius 2 is 1.67 bits per heavy atom. The van der Waals surface area contributed by atoms with E-state index in [1.54, 1.807) is 18.2 Å². The van der Waals surface area contributed by atoms with Crippen LogP contribution in [0.1, 0.15) is 38.2 Å². The Labute approximate surface area is 172 Å². The van der Waals surface area contributed by atoms with Gasteiger partial charge in [-0.15, -0.1) is 0 Å². The van der Waals surface area contributed by atoms with Gasteiger partial charge in [-0.25, -0.2) is 4.39 Å². The van der Waals surface area contributed by atoms with Gasteiger partial charge in [0.15, 0.2) is 6.10 Å². The highest BCUT2D eigenvalue weighted by molar-refractivity contribution is 5.97. The number of halogens is 3. The lowest BCUT2D eigenvalue weighted by Gasteiger charge is -2.29. The van der Waals surface area contributed by atoms with Crippen molar-refractivity contribution in [3.63, 3.8) is 0 Å². The number of amides is 1. The smallest absolute Gasteiger partial charge is 0.387 e. The molecule has 0 heterocycles. The molecule has 0 aromatic heterocycles. The largest absolute Gasteiger partial charge is 0.452 e. The molecular formula is C22H22F3NO4. The van der Waals surface area contributed by atoms with Gasteiger partial charge in [0, 0.05) is 5.56 Å². The lowest BCUT2D eigenvalue weighted by atomic mass is 9.78. The minimum absolute atomic E-state index is 0.0235. The van der Waals surface area contributed by atoms with Gasteiger partial charge in [-0.1, -0.05) is 43.2 Å². The highest BCUT2D eigenvalue weighted by atomic mass is 19.3. The molecule has 0 bridgehead atoms. The summed E-state index contributed by atoms with van der Waals surface area (Å²) in [6.07, 6.45) is 1.10. The van der Waals surface area contributed by atoms with E-state index in [9.17, 15) is 22.8 Å². The molecular weight excluding hydrogens is 399 g/mol. The molecule has 8 heteroatoms. The van der Waals surface area contributed by atoms with E-state index in [2.05, 4.69) is 10.1 Å². The van der Waals surface area contributed by atoms with Gasteiger partial charge < -0.3 is 14.8 Å². The maximum absolute atomic E-state index is 14.4. The molecule has 3 rings (SSSR count). The fourth-order valence-electron chi connectivity index (χ4n) is 3.74. The summed E-state index contributed by atoms with van der Waals surface area (Å²) in [5.41, 5.74) is -0.859. The Hall–Kier alpha value is -3.03. The molecule has 2 aromatic carbocycles. The lowest BCUT2D eigenvalue weighted by molar-refractivity contribution is -0.159. The molecule has 0 unspecified atom stereocenters. The van der Waals surface area contributed by atoms with Gasteiger partial charge in [0.1, 0.15) is 11.6 Å². The number of ether oxygens (including phenoxy) is 2. The first-order valence-electron chi connectivity index (χ1n) is 9.64. The van der Waals surface area contributed by atoms with Gasteiger partial charge in [-0.05, 0) is 38.0 Å². The molecule has 1 saturated carbocycles. The van der Waals surface area contributed by atoms with Crippen molar-refractivity contribution in [1.29, 1.82) is 0 Å². The second-order valence-electron chi connectivity index (χ2n) is 7.18. The van der Waals surface area contributed by atoms with Crippen LogP contribution in [0, 0.1) is 5.82 Å².